The van der Waals surface area contributed by atoms with E-state index in [1.54, 1.807) is 19.2 Å². The van der Waals surface area contributed by atoms with E-state index in [1.165, 1.54) is 0 Å². The molecule has 1 aromatic rings. The third kappa shape index (κ3) is 3.44. The fourth-order valence-corrected chi connectivity index (χ4v) is 1.66. The molecule has 0 aliphatic carbocycles. The summed E-state index contributed by atoms with van der Waals surface area (Å²) >= 11 is 0. The summed E-state index contributed by atoms with van der Waals surface area (Å²) in [4.78, 5) is 17.3. The average molecular weight is 236 g/mol. The average Bonchev–Trinajstić information content (AvgIpc) is 2.24. The minimum absolute atomic E-state index is 0.304. The molecule has 0 bridgehead atoms. The zero-order valence-electron chi connectivity index (χ0n) is 10.9. The highest BCUT2D eigenvalue weighted by molar-refractivity contribution is 5.94. The van der Waals surface area contributed by atoms with Crippen molar-refractivity contribution in [3.63, 3.8) is 0 Å². The third-order valence-corrected chi connectivity index (χ3v) is 2.76. The molecule has 0 saturated heterocycles. The Bertz CT molecular complexity index is 402. The van der Waals surface area contributed by atoms with Gasteiger partial charge < -0.3 is 10.0 Å². The Morgan fingerprint density at radius 2 is 2.18 bits per heavy atom. The minimum atomic E-state index is -0.915. The first kappa shape index (κ1) is 13.5. The van der Waals surface area contributed by atoms with Crippen LogP contribution < -0.4 is 4.90 Å². The first-order chi connectivity index (χ1) is 7.93. The Kier molecular flexibility index (Phi) is 4.49. The van der Waals surface area contributed by atoms with Crippen molar-refractivity contribution in [3.8, 4) is 0 Å². The number of anilines is 1. The van der Waals surface area contributed by atoms with Crippen LogP contribution in [0.5, 0.6) is 0 Å². The van der Waals surface area contributed by atoms with Gasteiger partial charge in [-0.05, 0) is 30.9 Å². The Hall–Kier alpha value is -1.58. The Morgan fingerprint density at radius 1 is 1.53 bits per heavy atom. The zero-order chi connectivity index (χ0) is 13.0. The molecule has 0 aliphatic rings. The molecule has 0 aliphatic heterocycles. The van der Waals surface area contributed by atoms with E-state index < -0.39 is 5.97 Å². The van der Waals surface area contributed by atoms with Gasteiger partial charge in [0, 0.05) is 19.8 Å². The summed E-state index contributed by atoms with van der Waals surface area (Å²) in [6, 6.07) is 1.73. The van der Waals surface area contributed by atoms with Gasteiger partial charge in [0.2, 0.25) is 0 Å². The van der Waals surface area contributed by atoms with Gasteiger partial charge >= 0.3 is 5.97 Å². The molecule has 0 fully saturated rings. The standard InChI is InChI=1S/C13H20N2O2/c1-9(2)6-8-15(4)12-11(13(16)17)10(3)5-7-14-12/h5,7,9H,6,8H2,1-4H3,(H,16,17). The summed E-state index contributed by atoms with van der Waals surface area (Å²) in [5.74, 6) is 0.232. The van der Waals surface area contributed by atoms with Crippen LogP contribution in [0.3, 0.4) is 0 Å². The lowest BCUT2D eigenvalue weighted by Crippen LogP contribution is -2.24. The topological polar surface area (TPSA) is 53.4 Å². The normalized spacial score (nSPS) is 10.6. The van der Waals surface area contributed by atoms with E-state index in [-0.39, 0.29) is 0 Å². The molecule has 1 N–H and O–H groups in total. The Morgan fingerprint density at radius 3 is 2.71 bits per heavy atom. The summed E-state index contributed by atoms with van der Waals surface area (Å²) in [6.07, 6.45) is 2.67. The maximum atomic E-state index is 11.2. The molecule has 1 heterocycles. The number of carboxylic acid groups (broad SMARTS) is 1. The van der Waals surface area contributed by atoms with E-state index >= 15 is 0 Å². The van der Waals surface area contributed by atoms with Gasteiger partial charge in [0.15, 0.2) is 0 Å². The summed E-state index contributed by atoms with van der Waals surface area (Å²) < 4.78 is 0. The molecule has 4 heteroatoms. The second-order valence-electron chi connectivity index (χ2n) is 4.74. The molecular weight excluding hydrogens is 216 g/mol. The molecule has 0 aromatic carbocycles. The molecule has 4 nitrogen and oxygen atoms in total. The van der Waals surface area contributed by atoms with Gasteiger partial charge in [-0.2, -0.15) is 0 Å². The van der Waals surface area contributed by atoms with Crippen molar-refractivity contribution in [1.29, 1.82) is 0 Å². The first-order valence-electron chi connectivity index (χ1n) is 5.83. The van der Waals surface area contributed by atoms with E-state index in [9.17, 15) is 9.90 Å². The van der Waals surface area contributed by atoms with Crippen LogP contribution in [-0.2, 0) is 0 Å². The number of pyridine rings is 1. The molecule has 17 heavy (non-hydrogen) atoms. The molecule has 0 saturated carbocycles. The maximum Gasteiger partial charge on any atom is 0.339 e. The number of carboxylic acids is 1. The molecule has 1 rings (SSSR count). The number of nitrogens with zero attached hydrogens (tertiary/aromatic N) is 2. The SMILES string of the molecule is Cc1ccnc(N(C)CCC(C)C)c1C(=O)O. The van der Waals surface area contributed by atoms with E-state index in [0.717, 1.165) is 18.5 Å². The van der Waals surface area contributed by atoms with Crippen molar-refractivity contribution in [2.75, 3.05) is 18.5 Å². The van der Waals surface area contributed by atoms with Crippen LogP contribution in [0.15, 0.2) is 12.3 Å². The van der Waals surface area contributed by atoms with Gasteiger partial charge in [-0.3, -0.25) is 0 Å². The van der Waals surface area contributed by atoms with Crippen molar-refractivity contribution < 1.29 is 9.90 Å². The van der Waals surface area contributed by atoms with E-state index in [2.05, 4.69) is 18.8 Å². The van der Waals surface area contributed by atoms with Gasteiger partial charge in [0.25, 0.3) is 0 Å². The fourth-order valence-electron chi connectivity index (χ4n) is 1.66. The van der Waals surface area contributed by atoms with Crippen LogP contribution in [-0.4, -0.2) is 29.7 Å². The third-order valence-electron chi connectivity index (χ3n) is 2.76. The lowest BCUT2D eigenvalue weighted by Gasteiger charge is -2.21. The number of aryl methyl sites for hydroxylation is 1. The lowest BCUT2D eigenvalue weighted by molar-refractivity contribution is 0.0696. The van der Waals surface area contributed by atoms with Crippen LogP contribution in [0.1, 0.15) is 36.2 Å². The maximum absolute atomic E-state index is 11.2. The van der Waals surface area contributed by atoms with Crippen molar-refractivity contribution in [3.05, 3.63) is 23.4 Å². The van der Waals surface area contributed by atoms with Gasteiger partial charge in [0.05, 0.1) is 0 Å². The molecule has 0 unspecified atom stereocenters. The molecule has 1 aromatic heterocycles. The quantitative estimate of drug-likeness (QED) is 0.853. The molecular formula is C13H20N2O2. The lowest BCUT2D eigenvalue weighted by atomic mass is 10.1. The molecule has 94 valence electrons. The van der Waals surface area contributed by atoms with E-state index in [1.807, 2.05) is 11.9 Å². The summed E-state index contributed by atoms with van der Waals surface area (Å²) in [5.41, 5.74) is 1.05. The van der Waals surface area contributed by atoms with Crippen LogP contribution in [0, 0.1) is 12.8 Å². The second-order valence-corrected chi connectivity index (χ2v) is 4.74. The smallest absolute Gasteiger partial charge is 0.339 e. The molecule has 0 amide bonds. The number of hydrogen-bond acceptors (Lipinski definition) is 3. The molecule has 0 radical (unpaired) electrons. The minimum Gasteiger partial charge on any atom is -0.478 e. The van der Waals surface area contributed by atoms with Crippen molar-refractivity contribution in [2.24, 2.45) is 5.92 Å². The number of aromatic nitrogens is 1. The van der Waals surface area contributed by atoms with Crippen LogP contribution in [0.2, 0.25) is 0 Å². The van der Waals surface area contributed by atoms with Crippen LogP contribution in [0.25, 0.3) is 0 Å². The van der Waals surface area contributed by atoms with Gasteiger partial charge in [0.1, 0.15) is 11.4 Å². The summed E-state index contributed by atoms with van der Waals surface area (Å²) in [5, 5.41) is 9.21. The molecule has 0 atom stereocenters. The van der Waals surface area contributed by atoms with Gasteiger partial charge in [-0.15, -0.1) is 0 Å². The van der Waals surface area contributed by atoms with Gasteiger partial charge in [-0.1, -0.05) is 13.8 Å². The number of aromatic carboxylic acids is 1. The van der Waals surface area contributed by atoms with Crippen molar-refractivity contribution >= 4 is 11.8 Å². The first-order valence-corrected chi connectivity index (χ1v) is 5.83. The van der Waals surface area contributed by atoms with Gasteiger partial charge in [-0.25, -0.2) is 9.78 Å². The monoisotopic (exact) mass is 236 g/mol. The summed E-state index contributed by atoms with van der Waals surface area (Å²) in [6.45, 7) is 6.91. The number of carbonyl (C=O) groups is 1. The number of hydrogen-bond donors (Lipinski definition) is 1. The molecule has 0 spiro atoms. The zero-order valence-corrected chi connectivity index (χ0v) is 10.9. The highest BCUT2D eigenvalue weighted by Gasteiger charge is 2.17. The van der Waals surface area contributed by atoms with Crippen molar-refractivity contribution in [1.82, 2.24) is 4.98 Å². The largest absolute Gasteiger partial charge is 0.478 e. The van der Waals surface area contributed by atoms with E-state index in [0.29, 0.717) is 17.3 Å². The summed E-state index contributed by atoms with van der Waals surface area (Å²) in [7, 11) is 1.89. The number of rotatable bonds is 5. The highest BCUT2D eigenvalue weighted by atomic mass is 16.4. The van der Waals surface area contributed by atoms with Crippen LogP contribution in [0.4, 0.5) is 5.82 Å². The fraction of sp³-hybridized carbons (Fsp3) is 0.538. The van der Waals surface area contributed by atoms with Crippen LogP contribution >= 0.6 is 0 Å². The second kappa shape index (κ2) is 5.66. The predicted molar refractivity (Wildman–Crippen MR) is 68.7 cm³/mol. The van der Waals surface area contributed by atoms with E-state index in [4.69, 9.17) is 0 Å². The Balaban J connectivity index is 2.96. The highest BCUT2D eigenvalue weighted by Crippen LogP contribution is 2.20. The Labute approximate surface area is 102 Å². The van der Waals surface area contributed by atoms with Crippen molar-refractivity contribution in [2.45, 2.75) is 27.2 Å². The predicted octanol–water partition coefficient (Wildman–Crippen LogP) is 2.57.